The van der Waals surface area contributed by atoms with E-state index in [2.05, 4.69) is 10.6 Å². The topological polar surface area (TPSA) is 84.3 Å². The highest BCUT2D eigenvalue weighted by molar-refractivity contribution is 5.92. The van der Waals surface area contributed by atoms with E-state index >= 15 is 0 Å². The Kier molecular flexibility index (Phi) is 4.11. The maximum absolute atomic E-state index is 11.7. The third-order valence-electron chi connectivity index (χ3n) is 3.07. The minimum atomic E-state index is -0.469. The largest absolute Gasteiger partial charge is 0.326 e. The van der Waals surface area contributed by atoms with Crippen molar-refractivity contribution in [2.75, 3.05) is 11.9 Å². The summed E-state index contributed by atoms with van der Waals surface area (Å²) in [6, 6.07) is 5.03. The predicted molar refractivity (Wildman–Crippen MR) is 72.1 cm³/mol. The zero-order valence-corrected chi connectivity index (χ0v) is 10.8. The molecule has 102 valence electrons. The van der Waals surface area contributed by atoms with Gasteiger partial charge in [-0.15, -0.1) is 0 Å². The highest BCUT2D eigenvalue weighted by Crippen LogP contribution is 2.22. The fourth-order valence-electron chi connectivity index (χ4n) is 1.75. The molecule has 6 nitrogen and oxygen atoms in total. The van der Waals surface area contributed by atoms with Crippen LogP contribution in [-0.2, 0) is 4.79 Å². The zero-order chi connectivity index (χ0) is 13.8. The molecule has 1 saturated carbocycles. The summed E-state index contributed by atoms with van der Waals surface area (Å²) in [7, 11) is 0. The lowest BCUT2D eigenvalue weighted by Crippen LogP contribution is -2.23. The molecule has 6 heteroatoms. The number of aryl methyl sites for hydroxylation is 1. The standard InChI is InChI=1S/C13H17N3O3/c1-9-2-5-11(16(18)19)8-12(9)15-13(17)6-7-14-10-3-4-10/h2,5,8,10,14H,3-4,6-7H2,1H3,(H,15,17). The van der Waals surface area contributed by atoms with Gasteiger partial charge in [-0.1, -0.05) is 6.07 Å². The molecule has 2 rings (SSSR count). The third-order valence-corrected chi connectivity index (χ3v) is 3.07. The highest BCUT2D eigenvalue weighted by Gasteiger charge is 2.20. The van der Waals surface area contributed by atoms with Gasteiger partial charge < -0.3 is 10.6 Å². The first kappa shape index (κ1) is 13.5. The fraction of sp³-hybridized carbons (Fsp3) is 0.462. The van der Waals surface area contributed by atoms with Crippen LogP contribution in [-0.4, -0.2) is 23.4 Å². The third kappa shape index (κ3) is 4.03. The molecule has 0 aliphatic heterocycles. The second kappa shape index (κ2) is 5.79. The van der Waals surface area contributed by atoms with E-state index in [1.807, 2.05) is 6.92 Å². The van der Waals surface area contributed by atoms with E-state index in [0.717, 1.165) is 5.56 Å². The number of nitrogens with zero attached hydrogens (tertiary/aromatic N) is 1. The monoisotopic (exact) mass is 263 g/mol. The molecular formula is C13H17N3O3. The van der Waals surface area contributed by atoms with Gasteiger partial charge in [0.25, 0.3) is 5.69 Å². The average Bonchev–Trinajstić information content (AvgIpc) is 3.15. The number of nitrogens with one attached hydrogen (secondary N) is 2. The van der Waals surface area contributed by atoms with Crippen LogP contribution >= 0.6 is 0 Å². The molecule has 0 heterocycles. The van der Waals surface area contributed by atoms with Crippen molar-refractivity contribution in [3.63, 3.8) is 0 Å². The second-order valence-electron chi connectivity index (χ2n) is 4.78. The maximum atomic E-state index is 11.7. The van der Waals surface area contributed by atoms with Crippen LogP contribution in [0.15, 0.2) is 18.2 Å². The molecule has 0 saturated heterocycles. The van der Waals surface area contributed by atoms with Crippen LogP contribution in [0.1, 0.15) is 24.8 Å². The molecule has 1 amide bonds. The van der Waals surface area contributed by atoms with Crippen molar-refractivity contribution in [1.29, 1.82) is 0 Å². The Balaban J connectivity index is 1.90. The lowest BCUT2D eigenvalue weighted by Gasteiger charge is -2.08. The molecule has 0 unspecified atom stereocenters. The Morgan fingerprint density at radius 3 is 2.84 bits per heavy atom. The van der Waals surface area contributed by atoms with Crippen LogP contribution in [0.3, 0.4) is 0 Å². The van der Waals surface area contributed by atoms with Crippen LogP contribution in [0.2, 0.25) is 0 Å². The first-order valence-corrected chi connectivity index (χ1v) is 6.34. The molecule has 0 spiro atoms. The smallest absolute Gasteiger partial charge is 0.271 e. The number of nitro groups is 1. The van der Waals surface area contributed by atoms with Crippen LogP contribution in [0.25, 0.3) is 0 Å². The van der Waals surface area contributed by atoms with Gasteiger partial charge in [-0.3, -0.25) is 14.9 Å². The Labute approximate surface area is 111 Å². The van der Waals surface area contributed by atoms with Crippen molar-refractivity contribution in [2.45, 2.75) is 32.2 Å². The molecule has 1 aliphatic carbocycles. The van der Waals surface area contributed by atoms with Gasteiger partial charge in [0, 0.05) is 31.1 Å². The normalized spacial score (nSPS) is 14.2. The number of nitro benzene ring substituents is 1. The Hall–Kier alpha value is -1.95. The first-order valence-electron chi connectivity index (χ1n) is 6.34. The lowest BCUT2D eigenvalue weighted by molar-refractivity contribution is -0.384. The maximum Gasteiger partial charge on any atom is 0.271 e. The van der Waals surface area contributed by atoms with Crippen molar-refractivity contribution in [2.24, 2.45) is 0 Å². The number of benzene rings is 1. The number of rotatable bonds is 6. The van der Waals surface area contributed by atoms with Crippen LogP contribution < -0.4 is 10.6 Å². The second-order valence-corrected chi connectivity index (χ2v) is 4.78. The number of carbonyl (C=O) groups is 1. The minimum absolute atomic E-state index is 0.0167. The van der Waals surface area contributed by atoms with E-state index in [0.29, 0.717) is 24.7 Å². The van der Waals surface area contributed by atoms with Gasteiger partial charge in [0.05, 0.1) is 10.6 Å². The van der Waals surface area contributed by atoms with Crippen molar-refractivity contribution in [3.8, 4) is 0 Å². The molecule has 0 radical (unpaired) electrons. The van der Waals surface area contributed by atoms with Crippen LogP contribution in [0.5, 0.6) is 0 Å². The summed E-state index contributed by atoms with van der Waals surface area (Å²) >= 11 is 0. The van der Waals surface area contributed by atoms with E-state index in [1.54, 1.807) is 6.07 Å². The summed E-state index contributed by atoms with van der Waals surface area (Å²) in [5.41, 5.74) is 1.30. The highest BCUT2D eigenvalue weighted by atomic mass is 16.6. The fourth-order valence-corrected chi connectivity index (χ4v) is 1.75. The van der Waals surface area contributed by atoms with Gasteiger partial charge in [-0.2, -0.15) is 0 Å². The number of hydrogen-bond acceptors (Lipinski definition) is 4. The van der Waals surface area contributed by atoms with E-state index < -0.39 is 4.92 Å². The van der Waals surface area contributed by atoms with Gasteiger partial charge in [0.15, 0.2) is 0 Å². The first-order chi connectivity index (χ1) is 9.06. The SMILES string of the molecule is Cc1ccc([N+](=O)[O-])cc1NC(=O)CCNC1CC1. The number of carbonyl (C=O) groups excluding carboxylic acids is 1. The van der Waals surface area contributed by atoms with E-state index in [4.69, 9.17) is 0 Å². The minimum Gasteiger partial charge on any atom is -0.326 e. The summed E-state index contributed by atoms with van der Waals surface area (Å²) in [6.45, 7) is 2.45. The van der Waals surface area contributed by atoms with Gasteiger partial charge in [0.1, 0.15) is 0 Å². The van der Waals surface area contributed by atoms with Crippen molar-refractivity contribution >= 4 is 17.3 Å². The molecule has 19 heavy (non-hydrogen) atoms. The lowest BCUT2D eigenvalue weighted by atomic mass is 10.2. The summed E-state index contributed by atoms with van der Waals surface area (Å²) in [6.07, 6.45) is 2.75. The van der Waals surface area contributed by atoms with E-state index in [9.17, 15) is 14.9 Å². The Bertz CT molecular complexity index is 498. The summed E-state index contributed by atoms with van der Waals surface area (Å²) in [5.74, 6) is -0.128. The summed E-state index contributed by atoms with van der Waals surface area (Å²) in [5, 5.41) is 16.7. The molecule has 2 N–H and O–H groups in total. The van der Waals surface area contributed by atoms with Crippen molar-refractivity contribution < 1.29 is 9.72 Å². The van der Waals surface area contributed by atoms with E-state index in [1.165, 1.54) is 25.0 Å². The number of hydrogen-bond donors (Lipinski definition) is 2. The van der Waals surface area contributed by atoms with Gasteiger partial charge >= 0.3 is 0 Å². The van der Waals surface area contributed by atoms with Crippen molar-refractivity contribution in [1.82, 2.24) is 5.32 Å². The molecule has 0 aromatic heterocycles. The van der Waals surface area contributed by atoms with Crippen molar-refractivity contribution in [3.05, 3.63) is 33.9 Å². The predicted octanol–water partition coefficient (Wildman–Crippen LogP) is 1.98. The molecule has 0 bridgehead atoms. The number of anilines is 1. The van der Waals surface area contributed by atoms with Crippen LogP contribution in [0.4, 0.5) is 11.4 Å². The zero-order valence-electron chi connectivity index (χ0n) is 10.8. The van der Waals surface area contributed by atoms with Gasteiger partial charge in [-0.05, 0) is 25.3 Å². The molecule has 1 fully saturated rings. The number of non-ortho nitro benzene ring substituents is 1. The summed E-state index contributed by atoms with van der Waals surface area (Å²) < 4.78 is 0. The van der Waals surface area contributed by atoms with Gasteiger partial charge in [0.2, 0.25) is 5.91 Å². The average molecular weight is 263 g/mol. The molecule has 0 atom stereocenters. The molecule has 1 aromatic rings. The van der Waals surface area contributed by atoms with E-state index in [-0.39, 0.29) is 11.6 Å². The van der Waals surface area contributed by atoms with Crippen LogP contribution in [0, 0.1) is 17.0 Å². The number of amides is 1. The Morgan fingerprint density at radius 1 is 1.47 bits per heavy atom. The Morgan fingerprint density at radius 2 is 2.21 bits per heavy atom. The molecule has 1 aliphatic rings. The molecular weight excluding hydrogens is 246 g/mol. The molecule has 1 aromatic carbocycles. The van der Waals surface area contributed by atoms with Gasteiger partial charge in [-0.25, -0.2) is 0 Å². The summed E-state index contributed by atoms with van der Waals surface area (Å²) in [4.78, 5) is 21.9. The quantitative estimate of drug-likeness (QED) is 0.607.